The van der Waals surface area contributed by atoms with Gasteiger partial charge in [-0.1, -0.05) is 12.1 Å². The minimum absolute atomic E-state index is 0.258. The molecule has 1 rings (SSSR count). The average Bonchev–Trinajstić information content (AvgIpc) is 2.42. The van der Waals surface area contributed by atoms with Crippen LogP contribution in [0.15, 0.2) is 24.3 Å². The van der Waals surface area contributed by atoms with Gasteiger partial charge in [0.1, 0.15) is 0 Å². The van der Waals surface area contributed by atoms with E-state index < -0.39 is 5.97 Å². The number of aromatic carboxylic acids is 1. The molecule has 0 aliphatic heterocycles. The molecular formula is C13H20N2O4. The second-order valence-corrected chi connectivity index (χ2v) is 3.79. The molecule has 0 radical (unpaired) electrons. The van der Waals surface area contributed by atoms with Gasteiger partial charge in [-0.2, -0.15) is 0 Å². The lowest BCUT2D eigenvalue weighted by molar-refractivity contribution is 0.0547. The number of para-hydroxylation sites is 1. The molecule has 0 bridgehead atoms. The van der Waals surface area contributed by atoms with Crippen LogP contribution in [0.1, 0.15) is 10.4 Å². The molecule has 6 nitrogen and oxygen atoms in total. The number of hydrogen-bond acceptors (Lipinski definition) is 5. The highest BCUT2D eigenvalue weighted by atomic mass is 16.5. The fraction of sp³-hybridized carbons (Fsp3) is 0.462. The number of benzene rings is 1. The standard InChI is InChI=1S/C13H20N2O4/c14-5-7-18-9-10-19-8-6-15-12-4-2-1-3-11(12)13(16)17/h1-4,15H,5-10,14H2,(H,16,17). The summed E-state index contributed by atoms with van der Waals surface area (Å²) in [4.78, 5) is 11.0. The second-order valence-electron chi connectivity index (χ2n) is 3.79. The zero-order chi connectivity index (χ0) is 13.9. The predicted molar refractivity (Wildman–Crippen MR) is 72.6 cm³/mol. The van der Waals surface area contributed by atoms with E-state index in [9.17, 15) is 4.79 Å². The van der Waals surface area contributed by atoms with Gasteiger partial charge in [0, 0.05) is 18.8 Å². The summed E-state index contributed by atoms with van der Waals surface area (Å²) in [6, 6.07) is 6.77. The molecule has 6 heteroatoms. The van der Waals surface area contributed by atoms with E-state index in [1.807, 2.05) is 0 Å². The summed E-state index contributed by atoms with van der Waals surface area (Å²) in [5.74, 6) is -0.945. The van der Waals surface area contributed by atoms with Crippen LogP contribution < -0.4 is 11.1 Å². The lowest BCUT2D eigenvalue weighted by atomic mass is 10.2. The van der Waals surface area contributed by atoms with Crippen LogP contribution in [-0.2, 0) is 9.47 Å². The lowest BCUT2D eigenvalue weighted by Crippen LogP contribution is -2.15. The van der Waals surface area contributed by atoms with Crippen LogP contribution in [0.5, 0.6) is 0 Å². The SMILES string of the molecule is NCCOCCOCCNc1ccccc1C(=O)O. The molecular weight excluding hydrogens is 248 g/mol. The summed E-state index contributed by atoms with van der Waals surface area (Å²) in [6.45, 7) is 3.09. The van der Waals surface area contributed by atoms with E-state index in [-0.39, 0.29) is 5.56 Å². The quantitative estimate of drug-likeness (QED) is 0.543. The Morgan fingerprint density at radius 3 is 2.53 bits per heavy atom. The average molecular weight is 268 g/mol. The van der Waals surface area contributed by atoms with Gasteiger partial charge in [-0.05, 0) is 12.1 Å². The van der Waals surface area contributed by atoms with Crippen LogP contribution >= 0.6 is 0 Å². The van der Waals surface area contributed by atoms with Gasteiger partial charge < -0.3 is 25.6 Å². The van der Waals surface area contributed by atoms with Gasteiger partial charge in [0.05, 0.1) is 32.0 Å². The van der Waals surface area contributed by atoms with Crippen molar-refractivity contribution < 1.29 is 19.4 Å². The summed E-state index contributed by atoms with van der Waals surface area (Å²) in [6.07, 6.45) is 0. The maximum Gasteiger partial charge on any atom is 0.337 e. The van der Waals surface area contributed by atoms with Crippen LogP contribution in [0.25, 0.3) is 0 Å². The summed E-state index contributed by atoms with van der Waals surface area (Å²) in [7, 11) is 0. The number of nitrogens with two attached hydrogens (primary N) is 1. The Kier molecular flexibility index (Phi) is 7.57. The summed E-state index contributed by atoms with van der Waals surface area (Å²) < 4.78 is 10.5. The van der Waals surface area contributed by atoms with Gasteiger partial charge in [-0.3, -0.25) is 0 Å². The van der Waals surface area contributed by atoms with Crippen LogP contribution in [0.3, 0.4) is 0 Å². The number of carbonyl (C=O) groups is 1. The highest BCUT2D eigenvalue weighted by molar-refractivity contribution is 5.94. The van der Waals surface area contributed by atoms with E-state index >= 15 is 0 Å². The molecule has 19 heavy (non-hydrogen) atoms. The highest BCUT2D eigenvalue weighted by Crippen LogP contribution is 2.14. The Labute approximate surface area is 112 Å². The summed E-state index contributed by atoms with van der Waals surface area (Å²) >= 11 is 0. The summed E-state index contributed by atoms with van der Waals surface area (Å²) in [5.41, 5.74) is 6.12. The van der Waals surface area contributed by atoms with E-state index in [1.165, 1.54) is 0 Å². The molecule has 0 saturated carbocycles. The largest absolute Gasteiger partial charge is 0.478 e. The molecule has 0 aliphatic carbocycles. The van der Waals surface area contributed by atoms with Crippen molar-refractivity contribution in [3.63, 3.8) is 0 Å². The maximum atomic E-state index is 11.0. The monoisotopic (exact) mass is 268 g/mol. The number of ether oxygens (including phenoxy) is 2. The molecule has 1 aromatic carbocycles. The number of carboxylic acids is 1. The maximum absolute atomic E-state index is 11.0. The molecule has 4 N–H and O–H groups in total. The van der Waals surface area contributed by atoms with Gasteiger partial charge in [-0.15, -0.1) is 0 Å². The first kappa shape index (κ1) is 15.4. The van der Waals surface area contributed by atoms with Crippen molar-refractivity contribution in [3.05, 3.63) is 29.8 Å². The van der Waals surface area contributed by atoms with Crippen molar-refractivity contribution in [1.29, 1.82) is 0 Å². The van der Waals surface area contributed by atoms with Crippen molar-refractivity contribution in [2.24, 2.45) is 5.73 Å². The van der Waals surface area contributed by atoms with Crippen molar-refractivity contribution >= 4 is 11.7 Å². The molecule has 0 atom stereocenters. The molecule has 0 heterocycles. The van der Waals surface area contributed by atoms with Crippen molar-refractivity contribution in [1.82, 2.24) is 0 Å². The van der Waals surface area contributed by atoms with Gasteiger partial charge in [0.15, 0.2) is 0 Å². The lowest BCUT2D eigenvalue weighted by Gasteiger charge is -2.09. The molecule has 106 valence electrons. The minimum atomic E-state index is -0.945. The number of nitrogens with one attached hydrogen (secondary N) is 1. The van der Waals surface area contributed by atoms with Crippen molar-refractivity contribution in [3.8, 4) is 0 Å². The topological polar surface area (TPSA) is 93.8 Å². The van der Waals surface area contributed by atoms with E-state index in [2.05, 4.69) is 5.32 Å². The fourth-order valence-corrected chi connectivity index (χ4v) is 1.49. The molecule has 0 spiro atoms. The Bertz CT molecular complexity index is 385. The third-order valence-corrected chi connectivity index (χ3v) is 2.35. The van der Waals surface area contributed by atoms with Gasteiger partial charge in [0.2, 0.25) is 0 Å². The van der Waals surface area contributed by atoms with Gasteiger partial charge in [-0.25, -0.2) is 4.79 Å². The Morgan fingerprint density at radius 1 is 1.16 bits per heavy atom. The first-order chi connectivity index (χ1) is 9.25. The number of anilines is 1. The number of carboxylic acid groups (broad SMARTS) is 1. The smallest absolute Gasteiger partial charge is 0.337 e. The third kappa shape index (κ3) is 6.19. The minimum Gasteiger partial charge on any atom is -0.478 e. The van der Waals surface area contributed by atoms with Gasteiger partial charge >= 0.3 is 5.97 Å². The second kappa shape index (κ2) is 9.32. The molecule has 1 aromatic rings. The predicted octanol–water partition coefficient (Wildman–Crippen LogP) is 0.789. The normalized spacial score (nSPS) is 10.4. The molecule has 0 saturated heterocycles. The van der Waals surface area contributed by atoms with E-state index in [1.54, 1.807) is 24.3 Å². The van der Waals surface area contributed by atoms with E-state index in [4.69, 9.17) is 20.3 Å². The first-order valence-corrected chi connectivity index (χ1v) is 6.17. The van der Waals surface area contributed by atoms with E-state index in [0.29, 0.717) is 45.2 Å². The van der Waals surface area contributed by atoms with Crippen LogP contribution in [-0.4, -0.2) is 50.6 Å². The van der Waals surface area contributed by atoms with Crippen molar-refractivity contribution in [2.75, 3.05) is 44.8 Å². The van der Waals surface area contributed by atoms with Crippen molar-refractivity contribution in [2.45, 2.75) is 0 Å². The Hall–Kier alpha value is -1.63. The fourth-order valence-electron chi connectivity index (χ4n) is 1.49. The molecule has 0 amide bonds. The van der Waals surface area contributed by atoms with E-state index in [0.717, 1.165) is 0 Å². The van der Waals surface area contributed by atoms with Crippen LogP contribution in [0.4, 0.5) is 5.69 Å². The van der Waals surface area contributed by atoms with Crippen LogP contribution in [0, 0.1) is 0 Å². The number of hydrogen-bond donors (Lipinski definition) is 3. The molecule has 0 unspecified atom stereocenters. The first-order valence-electron chi connectivity index (χ1n) is 6.17. The third-order valence-electron chi connectivity index (χ3n) is 2.35. The van der Waals surface area contributed by atoms with Crippen LogP contribution in [0.2, 0.25) is 0 Å². The Morgan fingerprint density at radius 2 is 1.84 bits per heavy atom. The molecule has 0 aliphatic rings. The molecule has 0 aromatic heterocycles. The van der Waals surface area contributed by atoms with Gasteiger partial charge in [0.25, 0.3) is 0 Å². The zero-order valence-corrected chi connectivity index (χ0v) is 10.8. The Balaban J connectivity index is 2.17. The highest BCUT2D eigenvalue weighted by Gasteiger charge is 2.07. The summed E-state index contributed by atoms with van der Waals surface area (Å²) in [5, 5.41) is 12.0. The number of rotatable bonds is 10. The zero-order valence-electron chi connectivity index (χ0n) is 10.8. The molecule has 0 fully saturated rings.